The van der Waals surface area contributed by atoms with Gasteiger partial charge in [-0.1, -0.05) is 42.5 Å². The summed E-state index contributed by atoms with van der Waals surface area (Å²) in [5.41, 5.74) is 7.71. The summed E-state index contributed by atoms with van der Waals surface area (Å²) in [5.74, 6) is 0.0326. The van der Waals surface area contributed by atoms with Crippen LogP contribution in [0.5, 0.6) is 5.75 Å². The van der Waals surface area contributed by atoms with E-state index in [2.05, 4.69) is 21.0 Å². The number of aromatic nitrogens is 2. The van der Waals surface area contributed by atoms with Gasteiger partial charge >= 0.3 is 0 Å². The van der Waals surface area contributed by atoms with Gasteiger partial charge in [-0.15, -0.1) is 0 Å². The molecule has 3 rings (SSSR count). The van der Waals surface area contributed by atoms with Crippen molar-refractivity contribution in [1.29, 1.82) is 0 Å². The second-order valence-corrected chi connectivity index (χ2v) is 6.30. The van der Waals surface area contributed by atoms with Crippen molar-refractivity contribution in [3.8, 4) is 17.0 Å². The van der Waals surface area contributed by atoms with Crippen molar-refractivity contribution in [3.05, 3.63) is 71.9 Å². The number of hydrogen-bond donors (Lipinski definition) is 3. The third kappa shape index (κ3) is 5.44. The van der Waals surface area contributed by atoms with Gasteiger partial charge < -0.3 is 4.74 Å². The van der Waals surface area contributed by atoms with Crippen LogP contribution in [-0.2, 0) is 4.79 Å². The molecule has 0 radical (unpaired) electrons. The van der Waals surface area contributed by atoms with Crippen LogP contribution < -0.4 is 15.6 Å². The molecular formula is C21H22N4O3. The number of H-pyrrole nitrogens is 1. The van der Waals surface area contributed by atoms with E-state index >= 15 is 0 Å². The second-order valence-electron chi connectivity index (χ2n) is 6.30. The smallest absolute Gasteiger partial charge is 0.287 e. The number of aromatic amines is 1. The highest BCUT2D eigenvalue weighted by atomic mass is 16.5. The SMILES string of the molecule is Cc1cccc(OCCCC(=O)NNC(=O)c2cc(-c3ccccc3)n[nH]2)c1. The highest BCUT2D eigenvalue weighted by Gasteiger charge is 2.11. The third-order valence-electron chi connectivity index (χ3n) is 4.01. The summed E-state index contributed by atoms with van der Waals surface area (Å²) in [5, 5.41) is 6.78. The standard InChI is InChI=1S/C21H22N4O3/c1-15-7-5-10-17(13-15)28-12-6-11-20(26)24-25-21(27)19-14-18(22-23-19)16-8-3-2-4-9-16/h2-5,7-10,13-14H,6,11-12H2,1H3,(H,22,23)(H,24,26)(H,25,27). The van der Waals surface area contributed by atoms with Crippen molar-refractivity contribution in [2.24, 2.45) is 0 Å². The predicted octanol–water partition coefficient (Wildman–Crippen LogP) is 3.01. The molecule has 7 heteroatoms. The summed E-state index contributed by atoms with van der Waals surface area (Å²) < 4.78 is 5.60. The summed E-state index contributed by atoms with van der Waals surface area (Å²) in [6, 6.07) is 18.9. The molecule has 28 heavy (non-hydrogen) atoms. The minimum atomic E-state index is -0.459. The molecule has 3 N–H and O–H groups in total. The third-order valence-corrected chi connectivity index (χ3v) is 4.01. The Balaban J connectivity index is 1.38. The number of benzene rings is 2. The Labute approximate surface area is 163 Å². The number of carbonyl (C=O) groups excluding carboxylic acids is 2. The van der Waals surface area contributed by atoms with E-state index in [0.717, 1.165) is 16.9 Å². The number of ether oxygens (including phenoxy) is 1. The fraction of sp³-hybridized carbons (Fsp3) is 0.190. The first-order valence-corrected chi connectivity index (χ1v) is 9.01. The maximum Gasteiger partial charge on any atom is 0.287 e. The molecule has 7 nitrogen and oxygen atoms in total. The zero-order valence-corrected chi connectivity index (χ0v) is 15.6. The number of aryl methyl sites for hydroxylation is 1. The Kier molecular flexibility index (Phi) is 6.41. The molecule has 2 amide bonds. The minimum absolute atomic E-state index is 0.240. The normalized spacial score (nSPS) is 10.3. The largest absolute Gasteiger partial charge is 0.494 e. The van der Waals surface area contributed by atoms with E-state index in [4.69, 9.17) is 4.74 Å². The maximum absolute atomic E-state index is 12.1. The molecule has 2 aromatic carbocycles. The van der Waals surface area contributed by atoms with Crippen molar-refractivity contribution in [3.63, 3.8) is 0 Å². The number of hydrogen-bond acceptors (Lipinski definition) is 4. The number of rotatable bonds is 7. The van der Waals surface area contributed by atoms with E-state index in [9.17, 15) is 9.59 Å². The fourth-order valence-corrected chi connectivity index (χ4v) is 2.58. The molecule has 0 atom stereocenters. The number of hydrazine groups is 1. The van der Waals surface area contributed by atoms with Gasteiger partial charge in [-0.05, 0) is 37.1 Å². The van der Waals surface area contributed by atoms with E-state index in [1.54, 1.807) is 6.07 Å². The molecule has 144 valence electrons. The molecule has 0 unspecified atom stereocenters. The van der Waals surface area contributed by atoms with Gasteiger partial charge in [0.25, 0.3) is 5.91 Å². The lowest BCUT2D eigenvalue weighted by molar-refractivity contribution is -0.122. The minimum Gasteiger partial charge on any atom is -0.494 e. The highest BCUT2D eigenvalue weighted by Crippen LogP contribution is 2.16. The Morgan fingerprint density at radius 3 is 2.64 bits per heavy atom. The summed E-state index contributed by atoms with van der Waals surface area (Å²) in [6.45, 7) is 2.41. The average Bonchev–Trinajstić information content (AvgIpc) is 3.20. The molecule has 0 aliphatic carbocycles. The van der Waals surface area contributed by atoms with Crippen LogP contribution in [0.4, 0.5) is 0 Å². The van der Waals surface area contributed by atoms with Crippen LogP contribution in [0.15, 0.2) is 60.7 Å². The first-order valence-electron chi connectivity index (χ1n) is 9.01. The molecular weight excluding hydrogens is 356 g/mol. The number of nitrogens with one attached hydrogen (secondary N) is 3. The van der Waals surface area contributed by atoms with Crippen molar-refractivity contribution >= 4 is 11.8 Å². The van der Waals surface area contributed by atoms with Crippen molar-refractivity contribution in [2.45, 2.75) is 19.8 Å². The molecule has 0 aliphatic heterocycles. The maximum atomic E-state index is 12.1. The Hall–Kier alpha value is -3.61. The fourth-order valence-electron chi connectivity index (χ4n) is 2.58. The summed E-state index contributed by atoms with van der Waals surface area (Å²) in [4.78, 5) is 24.0. The molecule has 0 aliphatic rings. The zero-order chi connectivity index (χ0) is 19.8. The van der Waals surface area contributed by atoms with Crippen LogP contribution in [0.2, 0.25) is 0 Å². The van der Waals surface area contributed by atoms with Gasteiger partial charge in [0.1, 0.15) is 11.4 Å². The Bertz CT molecular complexity index is 938. The van der Waals surface area contributed by atoms with Gasteiger partial charge in [0.15, 0.2) is 0 Å². The van der Waals surface area contributed by atoms with Gasteiger partial charge in [-0.2, -0.15) is 5.10 Å². The Morgan fingerprint density at radius 2 is 1.86 bits per heavy atom. The lowest BCUT2D eigenvalue weighted by Gasteiger charge is -2.08. The van der Waals surface area contributed by atoms with Crippen LogP contribution in [-0.4, -0.2) is 28.6 Å². The number of carbonyl (C=O) groups is 2. The number of amides is 2. The molecule has 0 fully saturated rings. The summed E-state index contributed by atoms with van der Waals surface area (Å²) in [6.07, 6.45) is 0.780. The zero-order valence-electron chi connectivity index (χ0n) is 15.6. The first kappa shape index (κ1) is 19.2. The molecule has 0 saturated heterocycles. The first-order chi connectivity index (χ1) is 13.6. The molecule has 0 saturated carbocycles. The monoisotopic (exact) mass is 378 g/mol. The van der Waals surface area contributed by atoms with Crippen molar-refractivity contribution < 1.29 is 14.3 Å². The molecule has 1 aromatic heterocycles. The molecule has 0 bridgehead atoms. The van der Waals surface area contributed by atoms with Gasteiger partial charge in [-0.3, -0.25) is 25.5 Å². The molecule has 1 heterocycles. The van der Waals surface area contributed by atoms with Crippen LogP contribution >= 0.6 is 0 Å². The van der Waals surface area contributed by atoms with Crippen LogP contribution in [0, 0.1) is 6.92 Å². The van der Waals surface area contributed by atoms with E-state index in [-0.39, 0.29) is 18.0 Å². The second kappa shape index (κ2) is 9.36. The van der Waals surface area contributed by atoms with Crippen LogP contribution in [0.3, 0.4) is 0 Å². The van der Waals surface area contributed by atoms with Gasteiger partial charge in [0.2, 0.25) is 5.91 Å². The van der Waals surface area contributed by atoms with E-state index < -0.39 is 5.91 Å². The van der Waals surface area contributed by atoms with Crippen LogP contribution in [0.25, 0.3) is 11.3 Å². The lowest BCUT2D eigenvalue weighted by atomic mass is 10.1. The van der Waals surface area contributed by atoms with Gasteiger partial charge in [-0.25, -0.2) is 0 Å². The lowest BCUT2D eigenvalue weighted by Crippen LogP contribution is -2.41. The van der Waals surface area contributed by atoms with E-state index in [1.165, 1.54) is 0 Å². The van der Waals surface area contributed by atoms with E-state index in [1.807, 2.05) is 61.5 Å². The summed E-state index contributed by atoms with van der Waals surface area (Å²) >= 11 is 0. The van der Waals surface area contributed by atoms with Crippen molar-refractivity contribution in [2.75, 3.05) is 6.61 Å². The number of nitrogens with zero attached hydrogens (tertiary/aromatic N) is 1. The van der Waals surface area contributed by atoms with Crippen LogP contribution in [0.1, 0.15) is 28.9 Å². The van der Waals surface area contributed by atoms with Gasteiger partial charge in [0, 0.05) is 12.0 Å². The molecule has 3 aromatic rings. The van der Waals surface area contributed by atoms with Gasteiger partial charge in [0.05, 0.1) is 12.3 Å². The highest BCUT2D eigenvalue weighted by molar-refractivity contribution is 5.94. The Morgan fingerprint density at radius 1 is 1.04 bits per heavy atom. The predicted molar refractivity (Wildman–Crippen MR) is 106 cm³/mol. The average molecular weight is 378 g/mol. The van der Waals surface area contributed by atoms with Crippen molar-refractivity contribution in [1.82, 2.24) is 21.0 Å². The topological polar surface area (TPSA) is 96.1 Å². The molecule has 0 spiro atoms. The summed E-state index contributed by atoms with van der Waals surface area (Å²) in [7, 11) is 0. The van der Waals surface area contributed by atoms with E-state index in [0.29, 0.717) is 18.7 Å². The quantitative estimate of drug-likeness (QED) is 0.435.